The monoisotopic (exact) mass is 802 g/mol. The van der Waals surface area contributed by atoms with Crippen molar-refractivity contribution < 1.29 is 0 Å². The second-order valence-corrected chi connectivity index (χ2v) is 16.5. The summed E-state index contributed by atoms with van der Waals surface area (Å²) < 4.78 is 4.84. The van der Waals surface area contributed by atoms with Crippen LogP contribution in [0.3, 0.4) is 0 Å². The Labute approximate surface area is 367 Å². The fraction of sp³-hybridized carbons (Fsp3) is 0.0164. The van der Waals surface area contributed by atoms with Gasteiger partial charge in [0, 0.05) is 32.9 Å². The number of para-hydroxylation sites is 2. The van der Waals surface area contributed by atoms with E-state index in [0.717, 1.165) is 11.4 Å². The minimum atomic E-state index is -0.559. The van der Waals surface area contributed by atoms with E-state index in [1.165, 1.54) is 88.1 Å². The van der Waals surface area contributed by atoms with Crippen molar-refractivity contribution in [2.24, 2.45) is 0 Å². The Morgan fingerprint density at radius 2 is 0.619 bits per heavy atom. The van der Waals surface area contributed by atoms with Gasteiger partial charge in [-0.2, -0.15) is 0 Å². The van der Waals surface area contributed by atoms with Crippen LogP contribution in [0, 0.1) is 0 Å². The molecule has 0 atom stereocenters. The van der Waals surface area contributed by atoms with E-state index in [2.05, 4.69) is 264 Å². The molecule has 0 amide bonds. The Morgan fingerprint density at radius 3 is 1.21 bits per heavy atom. The summed E-state index contributed by atoms with van der Waals surface area (Å²) >= 11 is 0. The minimum Gasteiger partial charge on any atom is -0.309 e. The Bertz CT molecular complexity index is 3490. The molecule has 0 fully saturated rings. The van der Waals surface area contributed by atoms with Crippen molar-refractivity contribution in [3.8, 4) is 33.6 Å². The lowest BCUT2D eigenvalue weighted by Gasteiger charge is -2.37. The summed E-state index contributed by atoms with van der Waals surface area (Å²) in [6.45, 7) is 0. The van der Waals surface area contributed by atoms with E-state index in [1.54, 1.807) is 0 Å². The smallest absolute Gasteiger partial charge is 0.0701 e. The molecule has 0 aliphatic carbocycles. The first-order valence-corrected chi connectivity index (χ1v) is 21.8. The van der Waals surface area contributed by atoms with E-state index in [1.807, 2.05) is 0 Å². The van der Waals surface area contributed by atoms with Crippen LogP contribution >= 0.6 is 0 Å². The van der Waals surface area contributed by atoms with Crippen LogP contribution in [0.2, 0.25) is 0 Å². The number of nitrogens with zero attached hydrogens (tertiary/aromatic N) is 2. The van der Waals surface area contributed by atoms with Gasteiger partial charge in [-0.15, -0.1) is 0 Å². The summed E-state index contributed by atoms with van der Waals surface area (Å²) in [4.78, 5) is 0. The summed E-state index contributed by atoms with van der Waals surface area (Å²) in [7, 11) is 0. The van der Waals surface area contributed by atoms with E-state index in [-0.39, 0.29) is 0 Å². The molecule has 0 unspecified atom stereocenters. The average Bonchev–Trinajstić information content (AvgIpc) is 3.88. The zero-order valence-electron chi connectivity index (χ0n) is 34.6. The SMILES string of the molecule is c1ccc(-c2cccc(-n3c4ccccc4c4cc(-c5ccc6c(c5)c5cc(C(c7ccccc7)(c7ccccc7)c7ccccc7)ccc5n6-c5ccccc5)ccc43)c2)cc1. The molecule has 12 aromatic rings. The first kappa shape index (κ1) is 36.6. The molecule has 2 aromatic heterocycles. The molecule has 0 N–H and O–H groups in total. The van der Waals surface area contributed by atoms with Crippen molar-refractivity contribution in [2.45, 2.75) is 5.41 Å². The Hall–Kier alpha value is -8.20. The van der Waals surface area contributed by atoms with Gasteiger partial charge in [-0.1, -0.05) is 188 Å². The van der Waals surface area contributed by atoms with Crippen molar-refractivity contribution in [2.75, 3.05) is 0 Å². The van der Waals surface area contributed by atoms with Crippen molar-refractivity contribution in [1.29, 1.82) is 0 Å². The first-order valence-electron chi connectivity index (χ1n) is 21.8. The van der Waals surface area contributed by atoms with Gasteiger partial charge >= 0.3 is 0 Å². The molecule has 0 aliphatic heterocycles. The van der Waals surface area contributed by atoms with Gasteiger partial charge in [0.1, 0.15) is 0 Å². The van der Waals surface area contributed by atoms with Gasteiger partial charge in [-0.05, 0) is 111 Å². The highest BCUT2D eigenvalue weighted by Crippen LogP contribution is 2.47. The maximum atomic E-state index is 2.47. The quantitative estimate of drug-likeness (QED) is 0.135. The highest BCUT2D eigenvalue weighted by molar-refractivity contribution is 6.13. The predicted molar refractivity (Wildman–Crippen MR) is 264 cm³/mol. The maximum Gasteiger partial charge on any atom is 0.0701 e. The zero-order valence-corrected chi connectivity index (χ0v) is 34.6. The minimum absolute atomic E-state index is 0.559. The van der Waals surface area contributed by atoms with Crippen molar-refractivity contribution in [1.82, 2.24) is 9.13 Å². The van der Waals surface area contributed by atoms with Crippen molar-refractivity contribution in [3.63, 3.8) is 0 Å². The van der Waals surface area contributed by atoms with Crippen LogP contribution in [0.15, 0.2) is 255 Å². The fourth-order valence-electron chi connectivity index (χ4n) is 10.2. The van der Waals surface area contributed by atoms with Crippen LogP contribution < -0.4 is 0 Å². The van der Waals surface area contributed by atoms with Crippen LogP contribution in [-0.2, 0) is 5.41 Å². The molecule has 0 radical (unpaired) electrons. The topological polar surface area (TPSA) is 9.86 Å². The number of benzene rings is 10. The van der Waals surface area contributed by atoms with E-state index in [0.29, 0.717) is 0 Å². The highest BCUT2D eigenvalue weighted by atomic mass is 15.0. The molecule has 0 saturated carbocycles. The molecular weight excluding hydrogens is 761 g/mol. The van der Waals surface area contributed by atoms with Crippen LogP contribution in [0.5, 0.6) is 0 Å². The lowest BCUT2D eigenvalue weighted by atomic mass is 9.65. The normalized spacial score (nSPS) is 11.8. The molecule has 0 aliphatic rings. The summed E-state index contributed by atoms with van der Waals surface area (Å²) in [5.74, 6) is 0. The molecule has 12 rings (SSSR count). The molecule has 0 saturated heterocycles. The van der Waals surface area contributed by atoms with Crippen LogP contribution in [0.4, 0.5) is 0 Å². The average molecular weight is 803 g/mol. The van der Waals surface area contributed by atoms with E-state index < -0.39 is 5.41 Å². The van der Waals surface area contributed by atoms with E-state index in [4.69, 9.17) is 0 Å². The third-order valence-corrected chi connectivity index (χ3v) is 13.1. The Morgan fingerprint density at radius 1 is 0.222 bits per heavy atom. The number of hydrogen-bond acceptors (Lipinski definition) is 0. The zero-order chi connectivity index (χ0) is 41.7. The van der Waals surface area contributed by atoms with Gasteiger partial charge < -0.3 is 9.13 Å². The molecular formula is C61H42N2. The van der Waals surface area contributed by atoms with Crippen LogP contribution in [0.25, 0.3) is 77.2 Å². The molecule has 2 nitrogen and oxygen atoms in total. The molecule has 2 heteroatoms. The Kier molecular flexibility index (Phi) is 8.76. The lowest BCUT2D eigenvalue weighted by Crippen LogP contribution is -2.30. The molecule has 0 spiro atoms. The van der Waals surface area contributed by atoms with Crippen LogP contribution in [0.1, 0.15) is 22.3 Å². The van der Waals surface area contributed by atoms with Crippen molar-refractivity contribution in [3.05, 3.63) is 277 Å². The highest BCUT2D eigenvalue weighted by Gasteiger charge is 2.38. The standard InChI is InChI=1S/C61H42N2/c1-6-19-43(20-7-1)44-21-18-30-52(39-44)63-57-32-17-16-31-53(57)54-40-45(33-36-58(54)63)46-34-37-59-55(41-46)56-42-50(35-38-60(56)62(59)51-28-14-5-15-29-51)61(47-22-8-2-9-23-47,48-24-10-3-11-25-48)49-26-12-4-13-27-49/h1-42H. The lowest BCUT2D eigenvalue weighted by molar-refractivity contribution is 0.746. The van der Waals surface area contributed by atoms with Gasteiger partial charge in [0.15, 0.2) is 0 Å². The molecule has 63 heavy (non-hydrogen) atoms. The fourth-order valence-corrected chi connectivity index (χ4v) is 10.2. The van der Waals surface area contributed by atoms with Gasteiger partial charge in [0.2, 0.25) is 0 Å². The third-order valence-electron chi connectivity index (χ3n) is 13.1. The Balaban J connectivity index is 1.08. The van der Waals surface area contributed by atoms with Gasteiger partial charge in [-0.25, -0.2) is 0 Å². The molecule has 0 bridgehead atoms. The number of hydrogen-bond donors (Lipinski definition) is 0. The first-order chi connectivity index (χ1) is 31.3. The van der Waals surface area contributed by atoms with E-state index in [9.17, 15) is 0 Å². The second kappa shape index (κ2) is 15.1. The summed E-state index contributed by atoms with van der Waals surface area (Å²) in [6, 6.07) is 93.3. The van der Waals surface area contributed by atoms with Gasteiger partial charge in [0.05, 0.1) is 27.5 Å². The summed E-state index contributed by atoms with van der Waals surface area (Å²) in [6.07, 6.45) is 0. The third kappa shape index (κ3) is 5.95. The number of aromatic nitrogens is 2. The molecule has 2 heterocycles. The number of rotatable bonds is 8. The van der Waals surface area contributed by atoms with E-state index >= 15 is 0 Å². The summed E-state index contributed by atoms with van der Waals surface area (Å²) in [5, 5.41) is 4.92. The predicted octanol–water partition coefficient (Wildman–Crippen LogP) is 15.6. The number of fused-ring (bicyclic) bond motifs is 6. The van der Waals surface area contributed by atoms with Crippen LogP contribution in [-0.4, -0.2) is 9.13 Å². The molecule has 296 valence electrons. The molecule has 10 aromatic carbocycles. The van der Waals surface area contributed by atoms with Crippen molar-refractivity contribution >= 4 is 43.6 Å². The second-order valence-electron chi connectivity index (χ2n) is 16.5. The van der Waals surface area contributed by atoms with Gasteiger partial charge in [0.25, 0.3) is 0 Å². The maximum absolute atomic E-state index is 2.47. The summed E-state index contributed by atoms with van der Waals surface area (Å²) in [5.41, 5.74) is 16.2. The largest absolute Gasteiger partial charge is 0.309 e. The van der Waals surface area contributed by atoms with Gasteiger partial charge in [-0.3, -0.25) is 0 Å².